The van der Waals surface area contributed by atoms with Crippen LogP contribution in [0.2, 0.25) is 0 Å². The van der Waals surface area contributed by atoms with Crippen LogP contribution < -0.4 is 5.73 Å². The summed E-state index contributed by atoms with van der Waals surface area (Å²) in [5.74, 6) is 0. The van der Waals surface area contributed by atoms with Crippen molar-refractivity contribution in [3.8, 4) is 0 Å². The van der Waals surface area contributed by atoms with Crippen LogP contribution in [0.3, 0.4) is 0 Å². The molecule has 2 unspecified atom stereocenters. The lowest BCUT2D eigenvalue weighted by molar-refractivity contribution is -0.0364. The van der Waals surface area contributed by atoms with Gasteiger partial charge in [-0.1, -0.05) is 22.0 Å². The molecule has 1 aromatic rings. The van der Waals surface area contributed by atoms with E-state index >= 15 is 0 Å². The third-order valence-electron chi connectivity index (χ3n) is 3.46. The zero-order chi connectivity index (χ0) is 13.0. The van der Waals surface area contributed by atoms with E-state index in [4.69, 9.17) is 15.2 Å². The Kier molecular flexibility index (Phi) is 5.03. The van der Waals surface area contributed by atoms with Crippen molar-refractivity contribution in [2.24, 2.45) is 0 Å². The first kappa shape index (κ1) is 13.8. The zero-order valence-corrected chi connectivity index (χ0v) is 12.3. The molecule has 1 aliphatic rings. The van der Waals surface area contributed by atoms with Crippen LogP contribution in [0.5, 0.6) is 0 Å². The van der Waals surface area contributed by atoms with E-state index in [0.29, 0.717) is 18.8 Å². The number of methoxy groups -OCH3 is 1. The van der Waals surface area contributed by atoms with Gasteiger partial charge in [0.1, 0.15) is 0 Å². The fraction of sp³-hybridized carbons (Fsp3) is 0.571. The molecule has 1 aliphatic carbocycles. The average molecular weight is 314 g/mol. The highest BCUT2D eigenvalue weighted by Crippen LogP contribution is 2.26. The largest absolute Gasteiger partial charge is 0.399 e. The van der Waals surface area contributed by atoms with Gasteiger partial charge in [-0.25, -0.2) is 0 Å². The van der Waals surface area contributed by atoms with Gasteiger partial charge in [0, 0.05) is 17.3 Å². The van der Waals surface area contributed by atoms with Crippen molar-refractivity contribution in [3.05, 3.63) is 28.2 Å². The van der Waals surface area contributed by atoms with Crippen LogP contribution in [-0.2, 0) is 16.1 Å². The lowest BCUT2D eigenvalue weighted by Gasteiger charge is -2.28. The van der Waals surface area contributed by atoms with E-state index < -0.39 is 0 Å². The molecule has 3 nitrogen and oxygen atoms in total. The highest BCUT2D eigenvalue weighted by atomic mass is 79.9. The van der Waals surface area contributed by atoms with Gasteiger partial charge in [-0.2, -0.15) is 0 Å². The van der Waals surface area contributed by atoms with Crippen LogP contribution in [0.1, 0.15) is 31.2 Å². The predicted molar refractivity (Wildman–Crippen MR) is 76.4 cm³/mol. The molecule has 2 atom stereocenters. The minimum absolute atomic E-state index is 0.313. The summed E-state index contributed by atoms with van der Waals surface area (Å²) in [4.78, 5) is 0. The van der Waals surface area contributed by atoms with E-state index in [9.17, 15) is 0 Å². The number of anilines is 1. The van der Waals surface area contributed by atoms with Crippen molar-refractivity contribution < 1.29 is 9.47 Å². The fourth-order valence-electron chi connectivity index (χ4n) is 2.36. The Morgan fingerprint density at radius 3 is 2.83 bits per heavy atom. The molecule has 100 valence electrons. The van der Waals surface area contributed by atoms with Crippen LogP contribution in [0.25, 0.3) is 0 Å². The van der Waals surface area contributed by atoms with Gasteiger partial charge < -0.3 is 15.2 Å². The molecule has 2 rings (SSSR count). The van der Waals surface area contributed by atoms with Crippen LogP contribution in [0.15, 0.2) is 22.7 Å². The molecule has 0 saturated heterocycles. The maximum absolute atomic E-state index is 5.97. The monoisotopic (exact) mass is 313 g/mol. The summed E-state index contributed by atoms with van der Waals surface area (Å²) in [7, 11) is 1.78. The summed E-state index contributed by atoms with van der Waals surface area (Å²) in [6, 6.07) is 5.83. The van der Waals surface area contributed by atoms with Crippen LogP contribution in [0.4, 0.5) is 5.69 Å². The van der Waals surface area contributed by atoms with E-state index in [1.54, 1.807) is 7.11 Å². The smallest absolute Gasteiger partial charge is 0.0731 e. The number of ether oxygens (including phenoxy) is 2. The molecule has 0 bridgehead atoms. The Hall–Kier alpha value is -0.580. The van der Waals surface area contributed by atoms with E-state index in [1.165, 1.54) is 6.42 Å². The molecular weight excluding hydrogens is 294 g/mol. The van der Waals surface area contributed by atoms with Crippen molar-refractivity contribution in [2.75, 3.05) is 12.8 Å². The van der Waals surface area contributed by atoms with Crippen molar-refractivity contribution in [1.29, 1.82) is 0 Å². The van der Waals surface area contributed by atoms with Crippen LogP contribution in [-0.4, -0.2) is 19.3 Å². The molecule has 0 amide bonds. The van der Waals surface area contributed by atoms with Gasteiger partial charge in [-0.05, 0) is 43.4 Å². The quantitative estimate of drug-likeness (QED) is 0.865. The van der Waals surface area contributed by atoms with Gasteiger partial charge in [0.25, 0.3) is 0 Å². The molecule has 1 saturated carbocycles. The van der Waals surface area contributed by atoms with E-state index in [1.807, 2.05) is 18.2 Å². The third-order valence-corrected chi connectivity index (χ3v) is 4.20. The number of rotatable bonds is 4. The Labute approximate surface area is 117 Å². The summed E-state index contributed by atoms with van der Waals surface area (Å²) < 4.78 is 12.4. The second kappa shape index (κ2) is 6.55. The standard InChI is InChI=1S/C14H20BrNO2/c1-17-12-3-2-4-13(8-12)18-9-10-5-6-11(16)7-14(10)15/h5-7,12-13H,2-4,8-9,16H2,1H3. The first-order chi connectivity index (χ1) is 8.69. The van der Waals surface area contributed by atoms with Crippen molar-refractivity contribution >= 4 is 21.6 Å². The first-order valence-corrected chi connectivity index (χ1v) is 7.16. The van der Waals surface area contributed by atoms with Crippen molar-refractivity contribution in [1.82, 2.24) is 0 Å². The van der Waals surface area contributed by atoms with Gasteiger partial charge in [0.2, 0.25) is 0 Å². The fourth-order valence-corrected chi connectivity index (χ4v) is 2.87. The SMILES string of the molecule is COC1CCCC(OCc2ccc(N)cc2Br)C1. The Morgan fingerprint density at radius 2 is 2.11 bits per heavy atom. The molecule has 2 N–H and O–H groups in total. The molecule has 0 heterocycles. The summed E-state index contributed by atoms with van der Waals surface area (Å²) in [5.41, 5.74) is 7.62. The maximum atomic E-state index is 5.97. The van der Waals surface area contributed by atoms with Gasteiger partial charge in [0.15, 0.2) is 0 Å². The molecule has 18 heavy (non-hydrogen) atoms. The normalized spacial score (nSPS) is 24.1. The molecule has 1 fully saturated rings. The Balaban J connectivity index is 1.87. The van der Waals surface area contributed by atoms with Gasteiger partial charge >= 0.3 is 0 Å². The Morgan fingerprint density at radius 1 is 1.33 bits per heavy atom. The molecule has 1 aromatic carbocycles. The number of hydrogen-bond acceptors (Lipinski definition) is 3. The number of nitrogen functional groups attached to an aromatic ring is 1. The predicted octanol–water partition coefficient (Wildman–Crippen LogP) is 3.51. The molecule has 4 heteroatoms. The summed E-state index contributed by atoms with van der Waals surface area (Å²) >= 11 is 3.51. The second-order valence-electron chi connectivity index (χ2n) is 4.81. The number of hydrogen-bond donors (Lipinski definition) is 1. The molecular formula is C14H20BrNO2. The molecule has 0 aromatic heterocycles. The molecule has 0 aliphatic heterocycles. The maximum Gasteiger partial charge on any atom is 0.0731 e. The number of nitrogens with two attached hydrogens (primary N) is 1. The van der Waals surface area contributed by atoms with Gasteiger partial charge in [-0.3, -0.25) is 0 Å². The number of benzene rings is 1. The second-order valence-corrected chi connectivity index (χ2v) is 5.66. The first-order valence-electron chi connectivity index (χ1n) is 6.37. The highest BCUT2D eigenvalue weighted by Gasteiger charge is 2.22. The topological polar surface area (TPSA) is 44.5 Å². The van der Waals surface area contributed by atoms with Gasteiger partial charge in [-0.15, -0.1) is 0 Å². The number of halogens is 1. The van der Waals surface area contributed by atoms with Crippen LogP contribution in [0, 0.1) is 0 Å². The van der Waals surface area contributed by atoms with Crippen molar-refractivity contribution in [3.63, 3.8) is 0 Å². The summed E-state index contributed by atoms with van der Waals surface area (Å²) in [6.45, 7) is 0.627. The highest BCUT2D eigenvalue weighted by molar-refractivity contribution is 9.10. The van der Waals surface area contributed by atoms with Crippen molar-refractivity contribution in [2.45, 2.75) is 44.5 Å². The lowest BCUT2D eigenvalue weighted by Crippen LogP contribution is -2.27. The van der Waals surface area contributed by atoms with E-state index in [-0.39, 0.29) is 0 Å². The van der Waals surface area contributed by atoms with Crippen LogP contribution >= 0.6 is 15.9 Å². The van der Waals surface area contributed by atoms with Gasteiger partial charge in [0.05, 0.1) is 18.8 Å². The van der Waals surface area contributed by atoms with E-state index in [0.717, 1.165) is 35.0 Å². The minimum Gasteiger partial charge on any atom is -0.399 e. The Bertz CT molecular complexity index is 397. The van der Waals surface area contributed by atoms with E-state index in [2.05, 4.69) is 15.9 Å². The average Bonchev–Trinajstić information content (AvgIpc) is 2.38. The molecule has 0 radical (unpaired) electrons. The zero-order valence-electron chi connectivity index (χ0n) is 10.7. The third kappa shape index (κ3) is 3.70. The minimum atomic E-state index is 0.313. The lowest BCUT2D eigenvalue weighted by atomic mass is 9.95. The molecule has 0 spiro atoms. The summed E-state index contributed by atoms with van der Waals surface area (Å²) in [5, 5.41) is 0. The summed E-state index contributed by atoms with van der Waals surface area (Å²) in [6.07, 6.45) is 5.15.